The number of esters is 1. The normalized spacial score (nSPS) is 27.3. The van der Waals surface area contributed by atoms with Gasteiger partial charge in [-0.15, -0.1) is 11.3 Å². The van der Waals surface area contributed by atoms with Gasteiger partial charge in [0.15, 0.2) is 0 Å². The molecule has 156 valence electrons. The summed E-state index contributed by atoms with van der Waals surface area (Å²) in [6.45, 7) is 2.28. The summed E-state index contributed by atoms with van der Waals surface area (Å²) < 4.78 is 5.39. The molecule has 0 aliphatic heterocycles. The van der Waals surface area contributed by atoms with Crippen molar-refractivity contribution in [3.63, 3.8) is 0 Å². The highest BCUT2D eigenvalue weighted by Gasteiger charge is 2.48. The molecule has 4 aliphatic carbocycles. The number of rotatable bonds is 6. The van der Waals surface area contributed by atoms with E-state index < -0.39 is 17.8 Å². The van der Waals surface area contributed by atoms with Gasteiger partial charge in [0.1, 0.15) is 5.00 Å². The van der Waals surface area contributed by atoms with Crippen LogP contribution in [0, 0.1) is 23.7 Å². The molecule has 0 saturated heterocycles. The largest absolute Gasteiger partial charge is 0.481 e. The number of carbonyl (C=O) groups is 3. The van der Waals surface area contributed by atoms with Gasteiger partial charge in [-0.3, -0.25) is 9.59 Å². The molecule has 1 aromatic heterocycles. The zero-order valence-electron chi connectivity index (χ0n) is 16.6. The summed E-state index contributed by atoms with van der Waals surface area (Å²) in [7, 11) is 0. The number of amides is 1. The van der Waals surface area contributed by atoms with Crippen LogP contribution in [-0.4, -0.2) is 29.6 Å². The number of anilines is 1. The molecule has 1 fully saturated rings. The van der Waals surface area contributed by atoms with Crippen molar-refractivity contribution in [2.24, 2.45) is 23.7 Å². The molecule has 5 rings (SSSR count). The Hall–Kier alpha value is -2.15. The lowest BCUT2D eigenvalue weighted by molar-refractivity contribution is -0.151. The van der Waals surface area contributed by atoms with Crippen LogP contribution in [0.25, 0.3) is 0 Å². The SMILES string of the molecule is CCCOC(=O)c1c(NC(=O)[C@@H]2[C@H](C(=O)O)[C@H]3C=C[C@H]2CC3)sc2c1CCCC2. The molecule has 4 aliphatic rings. The Labute approximate surface area is 174 Å². The van der Waals surface area contributed by atoms with Gasteiger partial charge >= 0.3 is 11.9 Å². The number of hydrogen-bond acceptors (Lipinski definition) is 5. The van der Waals surface area contributed by atoms with Gasteiger partial charge < -0.3 is 15.2 Å². The fourth-order valence-corrected chi connectivity index (χ4v) is 6.30. The molecule has 7 heteroatoms. The van der Waals surface area contributed by atoms with Gasteiger partial charge in [-0.2, -0.15) is 0 Å². The minimum absolute atomic E-state index is 0.0637. The zero-order chi connectivity index (χ0) is 20.5. The lowest BCUT2D eigenvalue weighted by atomic mass is 9.62. The van der Waals surface area contributed by atoms with Gasteiger partial charge in [0.2, 0.25) is 5.91 Å². The molecule has 1 amide bonds. The van der Waals surface area contributed by atoms with E-state index in [0.717, 1.165) is 55.4 Å². The van der Waals surface area contributed by atoms with Crippen molar-refractivity contribution < 1.29 is 24.2 Å². The molecular formula is C22H27NO5S. The molecular weight excluding hydrogens is 390 g/mol. The van der Waals surface area contributed by atoms with Crippen molar-refractivity contribution in [3.8, 4) is 0 Å². The zero-order valence-corrected chi connectivity index (χ0v) is 17.4. The fourth-order valence-electron chi connectivity index (χ4n) is 5.02. The summed E-state index contributed by atoms with van der Waals surface area (Å²) in [6, 6.07) is 0. The molecule has 1 heterocycles. The van der Waals surface area contributed by atoms with Crippen LogP contribution in [0.15, 0.2) is 12.2 Å². The van der Waals surface area contributed by atoms with E-state index in [1.54, 1.807) is 0 Å². The molecule has 0 radical (unpaired) electrons. The first kappa shape index (κ1) is 20.1. The maximum absolute atomic E-state index is 13.2. The highest BCUT2D eigenvalue weighted by atomic mass is 32.1. The van der Waals surface area contributed by atoms with Gasteiger partial charge in [0.25, 0.3) is 0 Å². The average molecular weight is 418 g/mol. The second-order valence-electron chi connectivity index (χ2n) is 8.22. The Morgan fingerprint density at radius 2 is 1.83 bits per heavy atom. The molecule has 1 saturated carbocycles. The highest BCUT2D eigenvalue weighted by Crippen LogP contribution is 2.46. The van der Waals surface area contributed by atoms with Crippen LogP contribution in [0.2, 0.25) is 0 Å². The Kier molecular flexibility index (Phi) is 5.76. The van der Waals surface area contributed by atoms with E-state index in [-0.39, 0.29) is 23.7 Å². The molecule has 0 spiro atoms. The van der Waals surface area contributed by atoms with Gasteiger partial charge in [0, 0.05) is 4.88 Å². The number of ether oxygens (including phenoxy) is 1. The van der Waals surface area contributed by atoms with Crippen molar-refractivity contribution in [2.45, 2.75) is 51.9 Å². The predicted molar refractivity (Wildman–Crippen MR) is 110 cm³/mol. The van der Waals surface area contributed by atoms with Crippen LogP contribution in [0.4, 0.5) is 5.00 Å². The molecule has 6 nitrogen and oxygen atoms in total. The Bertz CT molecular complexity index is 858. The number of fused-ring (bicyclic) bond motifs is 3. The number of carboxylic acids is 1. The maximum Gasteiger partial charge on any atom is 0.341 e. The summed E-state index contributed by atoms with van der Waals surface area (Å²) in [5.74, 6) is -3.07. The van der Waals surface area contributed by atoms with Gasteiger partial charge in [0.05, 0.1) is 24.0 Å². The van der Waals surface area contributed by atoms with Crippen LogP contribution < -0.4 is 5.32 Å². The first-order valence-corrected chi connectivity index (χ1v) is 11.4. The van der Waals surface area contributed by atoms with E-state index in [1.807, 2.05) is 19.1 Å². The number of hydrogen-bond donors (Lipinski definition) is 2. The smallest absolute Gasteiger partial charge is 0.341 e. The summed E-state index contributed by atoms with van der Waals surface area (Å²) in [5, 5.41) is 13.2. The molecule has 0 unspecified atom stereocenters. The Balaban J connectivity index is 1.62. The van der Waals surface area contributed by atoms with Gasteiger partial charge in [-0.05, 0) is 62.3 Å². The van der Waals surface area contributed by atoms with Crippen molar-refractivity contribution in [1.29, 1.82) is 0 Å². The second-order valence-corrected chi connectivity index (χ2v) is 9.33. The number of thiophene rings is 1. The number of allylic oxidation sites excluding steroid dienone is 2. The molecule has 2 N–H and O–H groups in total. The molecule has 4 atom stereocenters. The van der Waals surface area contributed by atoms with Gasteiger partial charge in [-0.25, -0.2) is 4.79 Å². The summed E-state index contributed by atoms with van der Waals surface area (Å²) in [5.41, 5.74) is 1.48. The van der Waals surface area contributed by atoms with E-state index in [1.165, 1.54) is 11.3 Å². The first-order valence-electron chi connectivity index (χ1n) is 10.5. The van der Waals surface area contributed by atoms with Crippen LogP contribution in [0.3, 0.4) is 0 Å². The third-order valence-corrected chi connectivity index (χ3v) is 7.59. The Morgan fingerprint density at radius 3 is 2.48 bits per heavy atom. The molecule has 29 heavy (non-hydrogen) atoms. The second kappa shape index (κ2) is 8.30. The average Bonchev–Trinajstić information content (AvgIpc) is 3.09. The van der Waals surface area contributed by atoms with E-state index in [0.29, 0.717) is 17.2 Å². The quantitative estimate of drug-likeness (QED) is 0.538. The van der Waals surface area contributed by atoms with E-state index in [4.69, 9.17) is 4.74 Å². The standard InChI is InChI=1S/C22H27NO5S/c1-2-11-28-22(27)18-14-5-3-4-6-15(14)29-20(18)23-19(24)16-12-7-9-13(10-8-12)17(16)21(25)26/h7,9,12-13,16-17H,2-6,8,10-11H2,1H3,(H,23,24)(H,25,26)/t12-,13-,16-,17+/m0/s1. The number of aliphatic carboxylic acids is 1. The Morgan fingerprint density at radius 1 is 1.14 bits per heavy atom. The lowest BCUT2D eigenvalue weighted by Crippen LogP contribution is -2.47. The summed E-state index contributed by atoms with van der Waals surface area (Å²) in [6.07, 6.45) is 10.1. The third kappa shape index (κ3) is 3.72. The highest BCUT2D eigenvalue weighted by molar-refractivity contribution is 7.17. The maximum atomic E-state index is 13.2. The minimum atomic E-state index is -0.919. The number of nitrogens with one attached hydrogen (secondary N) is 1. The summed E-state index contributed by atoms with van der Waals surface area (Å²) >= 11 is 1.45. The van der Waals surface area contributed by atoms with Crippen molar-refractivity contribution in [2.75, 3.05) is 11.9 Å². The molecule has 1 aromatic rings. The lowest BCUT2D eigenvalue weighted by Gasteiger charge is -2.41. The number of aryl methyl sites for hydroxylation is 1. The molecule has 0 aromatic carbocycles. The summed E-state index contributed by atoms with van der Waals surface area (Å²) in [4.78, 5) is 39.0. The number of carbonyl (C=O) groups excluding carboxylic acids is 2. The topological polar surface area (TPSA) is 92.7 Å². The van der Waals surface area contributed by atoms with E-state index in [9.17, 15) is 19.5 Å². The van der Waals surface area contributed by atoms with Gasteiger partial charge in [-0.1, -0.05) is 19.1 Å². The number of carboxylic acid groups (broad SMARTS) is 1. The van der Waals surface area contributed by atoms with Crippen molar-refractivity contribution >= 4 is 34.2 Å². The van der Waals surface area contributed by atoms with Crippen LogP contribution in [0.5, 0.6) is 0 Å². The van der Waals surface area contributed by atoms with Crippen molar-refractivity contribution in [3.05, 3.63) is 28.2 Å². The molecule has 2 bridgehead atoms. The van der Waals surface area contributed by atoms with E-state index in [2.05, 4.69) is 5.32 Å². The van der Waals surface area contributed by atoms with Crippen LogP contribution >= 0.6 is 11.3 Å². The predicted octanol–water partition coefficient (Wildman–Crippen LogP) is 4.05. The monoisotopic (exact) mass is 417 g/mol. The first-order chi connectivity index (χ1) is 14.0. The van der Waals surface area contributed by atoms with Crippen molar-refractivity contribution in [1.82, 2.24) is 0 Å². The third-order valence-electron chi connectivity index (χ3n) is 6.39. The van der Waals surface area contributed by atoms with Crippen LogP contribution in [-0.2, 0) is 27.2 Å². The fraction of sp³-hybridized carbons (Fsp3) is 0.591. The van der Waals surface area contributed by atoms with E-state index >= 15 is 0 Å². The van der Waals surface area contributed by atoms with Crippen LogP contribution in [0.1, 0.15) is 59.8 Å². The minimum Gasteiger partial charge on any atom is -0.481 e.